The van der Waals surface area contributed by atoms with Crippen LogP contribution in [0.25, 0.3) is 0 Å². The zero-order chi connectivity index (χ0) is 6.97. The molecule has 56 valence electrons. The standard InChI is InChI=1S/C7H11BrN2/c8-7-4-5-9-10(7)6-2-1-3-6/h5-7H,1-4H2. The van der Waals surface area contributed by atoms with Gasteiger partial charge in [0.05, 0.1) is 0 Å². The van der Waals surface area contributed by atoms with Gasteiger partial charge in [-0.2, -0.15) is 5.10 Å². The minimum absolute atomic E-state index is 0.484. The number of hydrogen-bond donors (Lipinski definition) is 0. The van der Waals surface area contributed by atoms with Crippen molar-refractivity contribution < 1.29 is 0 Å². The van der Waals surface area contributed by atoms with Gasteiger partial charge < -0.3 is 0 Å². The third kappa shape index (κ3) is 0.965. The number of hydrogen-bond acceptors (Lipinski definition) is 2. The van der Waals surface area contributed by atoms with Gasteiger partial charge >= 0.3 is 0 Å². The van der Waals surface area contributed by atoms with E-state index < -0.39 is 0 Å². The first-order chi connectivity index (χ1) is 4.88. The van der Waals surface area contributed by atoms with Crippen molar-refractivity contribution in [3.05, 3.63) is 0 Å². The summed E-state index contributed by atoms with van der Waals surface area (Å²) in [5.74, 6) is 0. The van der Waals surface area contributed by atoms with Crippen LogP contribution in [0.2, 0.25) is 0 Å². The smallest absolute Gasteiger partial charge is 0.107 e. The fraction of sp³-hybridized carbons (Fsp3) is 0.857. The maximum absolute atomic E-state index is 4.30. The summed E-state index contributed by atoms with van der Waals surface area (Å²) in [6, 6.07) is 0.739. The van der Waals surface area contributed by atoms with Crippen molar-refractivity contribution in [1.82, 2.24) is 5.01 Å². The molecule has 0 spiro atoms. The molecule has 1 atom stereocenters. The first-order valence-electron chi connectivity index (χ1n) is 3.83. The minimum atomic E-state index is 0.484. The van der Waals surface area contributed by atoms with Crippen molar-refractivity contribution >= 4 is 22.1 Å². The molecule has 0 N–H and O–H groups in total. The van der Waals surface area contributed by atoms with Crippen LogP contribution in [0.15, 0.2) is 5.10 Å². The molecule has 1 aliphatic carbocycles. The Hall–Kier alpha value is -0.0500. The molecule has 2 aliphatic rings. The lowest BCUT2D eigenvalue weighted by Crippen LogP contribution is -2.38. The highest BCUT2D eigenvalue weighted by molar-refractivity contribution is 9.09. The largest absolute Gasteiger partial charge is 0.280 e. The van der Waals surface area contributed by atoms with E-state index >= 15 is 0 Å². The van der Waals surface area contributed by atoms with E-state index in [1.807, 2.05) is 6.21 Å². The highest BCUT2D eigenvalue weighted by Crippen LogP contribution is 2.31. The number of alkyl halides is 1. The van der Waals surface area contributed by atoms with Crippen molar-refractivity contribution in [1.29, 1.82) is 0 Å². The van der Waals surface area contributed by atoms with Gasteiger partial charge in [0.1, 0.15) is 4.95 Å². The Bertz CT molecular complexity index is 154. The number of rotatable bonds is 1. The van der Waals surface area contributed by atoms with Crippen molar-refractivity contribution in [2.24, 2.45) is 5.10 Å². The summed E-state index contributed by atoms with van der Waals surface area (Å²) in [6.45, 7) is 0. The predicted molar refractivity (Wildman–Crippen MR) is 45.3 cm³/mol. The first kappa shape index (κ1) is 6.65. The van der Waals surface area contributed by atoms with Crippen molar-refractivity contribution in [2.75, 3.05) is 0 Å². The van der Waals surface area contributed by atoms with Crippen molar-refractivity contribution in [3.63, 3.8) is 0 Å². The Balaban J connectivity index is 1.96. The molecule has 1 unspecified atom stereocenters. The molecule has 0 radical (unpaired) electrons. The van der Waals surface area contributed by atoms with E-state index in [1.54, 1.807) is 0 Å². The van der Waals surface area contributed by atoms with Gasteiger partial charge in [0.15, 0.2) is 0 Å². The van der Waals surface area contributed by atoms with Gasteiger partial charge in [-0.05, 0) is 19.3 Å². The van der Waals surface area contributed by atoms with E-state index in [0.29, 0.717) is 4.95 Å². The summed E-state index contributed by atoms with van der Waals surface area (Å²) < 4.78 is 0. The molecule has 0 aromatic rings. The minimum Gasteiger partial charge on any atom is -0.280 e. The predicted octanol–water partition coefficient (Wildman–Crippen LogP) is 1.95. The van der Waals surface area contributed by atoms with Gasteiger partial charge in [0.2, 0.25) is 0 Å². The van der Waals surface area contributed by atoms with Crippen LogP contribution in [-0.2, 0) is 0 Å². The highest BCUT2D eigenvalue weighted by Gasteiger charge is 2.29. The lowest BCUT2D eigenvalue weighted by Gasteiger charge is -2.35. The van der Waals surface area contributed by atoms with Crippen LogP contribution < -0.4 is 0 Å². The summed E-state index contributed by atoms with van der Waals surface area (Å²) in [5.41, 5.74) is 0. The van der Waals surface area contributed by atoms with Gasteiger partial charge in [-0.25, -0.2) is 0 Å². The number of halogens is 1. The third-order valence-electron chi connectivity index (χ3n) is 2.25. The second-order valence-electron chi connectivity index (χ2n) is 2.93. The molecule has 1 aliphatic heterocycles. The monoisotopic (exact) mass is 202 g/mol. The third-order valence-corrected chi connectivity index (χ3v) is 3.04. The van der Waals surface area contributed by atoms with Crippen LogP contribution in [-0.4, -0.2) is 22.2 Å². The SMILES string of the molecule is BrC1CC=NN1C1CCC1. The molecule has 2 rings (SSSR count). The Morgan fingerprint density at radius 2 is 2.30 bits per heavy atom. The van der Waals surface area contributed by atoms with Crippen LogP contribution in [0.3, 0.4) is 0 Å². The van der Waals surface area contributed by atoms with Gasteiger partial charge in [-0.15, -0.1) is 0 Å². The molecule has 0 aromatic heterocycles. The average Bonchev–Trinajstić information content (AvgIpc) is 2.12. The lowest BCUT2D eigenvalue weighted by molar-refractivity contribution is 0.136. The quantitative estimate of drug-likeness (QED) is 0.469. The fourth-order valence-electron chi connectivity index (χ4n) is 1.38. The molecule has 1 fully saturated rings. The zero-order valence-electron chi connectivity index (χ0n) is 5.83. The molecule has 2 nitrogen and oxygen atoms in total. The molecular weight excluding hydrogens is 192 g/mol. The Labute approximate surface area is 69.4 Å². The second kappa shape index (κ2) is 2.53. The van der Waals surface area contributed by atoms with Crippen LogP contribution in [0, 0.1) is 0 Å². The summed E-state index contributed by atoms with van der Waals surface area (Å²) in [7, 11) is 0. The Kier molecular flexibility index (Phi) is 1.68. The van der Waals surface area contributed by atoms with E-state index in [-0.39, 0.29) is 0 Å². The van der Waals surface area contributed by atoms with Crippen molar-refractivity contribution in [3.8, 4) is 0 Å². The fourth-order valence-corrected chi connectivity index (χ4v) is 1.99. The Morgan fingerprint density at radius 3 is 2.70 bits per heavy atom. The zero-order valence-corrected chi connectivity index (χ0v) is 7.42. The van der Waals surface area contributed by atoms with E-state index in [2.05, 4.69) is 26.0 Å². The number of nitrogens with zero attached hydrogens (tertiary/aromatic N) is 2. The number of hydrazone groups is 1. The van der Waals surface area contributed by atoms with E-state index in [1.165, 1.54) is 19.3 Å². The van der Waals surface area contributed by atoms with Crippen LogP contribution >= 0.6 is 15.9 Å². The topological polar surface area (TPSA) is 15.6 Å². The normalized spacial score (nSPS) is 32.9. The maximum atomic E-state index is 4.30. The maximum Gasteiger partial charge on any atom is 0.107 e. The van der Waals surface area contributed by atoms with Gasteiger partial charge in [-0.1, -0.05) is 15.9 Å². The van der Waals surface area contributed by atoms with E-state index in [9.17, 15) is 0 Å². The van der Waals surface area contributed by atoms with Crippen LogP contribution in [0.4, 0.5) is 0 Å². The molecule has 0 bridgehead atoms. The molecule has 3 heteroatoms. The van der Waals surface area contributed by atoms with Crippen molar-refractivity contribution in [2.45, 2.75) is 36.7 Å². The molecule has 0 saturated heterocycles. The lowest BCUT2D eigenvalue weighted by atomic mass is 9.93. The summed E-state index contributed by atoms with van der Waals surface area (Å²) in [4.78, 5) is 0.484. The van der Waals surface area contributed by atoms with Gasteiger partial charge in [0.25, 0.3) is 0 Å². The molecule has 0 aromatic carbocycles. The first-order valence-corrected chi connectivity index (χ1v) is 4.74. The second-order valence-corrected chi connectivity index (χ2v) is 3.99. The molecule has 0 amide bonds. The average molecular weight is 203 g/mol. The van der Waals surface area contributed by atoms with Crippen LogP contribution in [0.5, 0.6) is 0 Å². The van der Waals surface area contributed by atoms with E-state index in [0.717, 1.165) is 12.5 Å². The van der Waals surface area contributed by atoms with Gasteiger partial charge in [0, 0.05) is 18.7 Å². The van der Waals surface area contributed by atoms with Crippen LogP contribution in [0.1, 0.15) is 25.7 Å². The van der Waals surface area contributed by atoms with Gasteiger partial charge in [-0.3, -0.25) is 5.01 Å². The Morgan fingerprint density at radius 1 is 1.50 bits per heavy atom. The highest BCUT2D eigenvalue weighted by atomic mass is 79.9. The molecule has 10 heavy (non-hydrogen) atoms. The summed E-state index contributed by atoms with van der Waals surface area (Å²) >= 11 is 3.58. The molecule has 1 saturated carbocycles. The molecule has 1 heterocycles. The summed E-state index contributed by atoms with van der Waals surface area (Å²) in [5, 5.41) is 6.50. The van der Waals surface area contributed by atoms with E-state index in [4.69, 9.17) is 0 Å². The summed E-state index contributed by atoms with van der Waals surface area (Å²) in [6.07, 6.45) is 7.11. The molecular formula is C7H11BrN2.